The van der Waals surface area contributed by atoms with Gasteiger partial charge in [0.05, 0.1) is 13.7 Å². The third-order valence-corrected chi connectivity index (χ3v) is 1.50. The predicted molar refractivity (Wildman–Crippen MR) is 44.0 cm³/mol. The van der Waals surface area contributed by atoms with Gasteiger partial charge >= 0.3 is 0 Å². The van der Waals surface area contributed by atoms with E-state index in [1.807, 2.05) is 0 Å². The molecule has 62 valence electrons. The minimum Gasteiger partial charge on any atom is -0.508 e. The Morgan fingerprint density at radius 1 is 1.50 bits per heavy atom. The first-order valence-corrected chi connectivity index (χ1v) is 3.40. The number of nitrogens with zero attached hydrogens (tertiary/aromatic N) is 1. The number of halogens is 1. The van der Waals surface area contributed by atoms with Crippen molar-refractivity contribution in [3.05, 3.63) is 34.9 Å². The minimum absolute atomic E-state index is 0.0527. The highest BCUT2D eigenvalue weighted by molar-refractivity contribution is 5.59. The fourth-order valence-corrected chi connectivity index (χ4v) is 0.967. The second-order valence-corrected chi connectivity index (χ2v) is 2.41. The van der Waals surface area contributed by atoms with E-state index in [-0.39, 0.29) is 5.69 Å². The number of rotatable bonds is 1. The zero-order chi connectivity index (χ0) is 9.14. The highest BCUT2D eigenvalue weighted by Gasteiger charge is 2.09. The summed E-state index contributed by atoms with van der Waals surface area (Å²) in [5, 5.41) is 0. The Balaban J connectivity index is 3.36. The van der Waals surface area contributed by atoms with Gasteiger partial charge in [-0.1, -0.05) is 0 Å². The number of hydrogen-bond acceptors (Lipinski definition) is 1. The summed E-state index contributed by atoms with van der Waals surface area (Å²) >= 11 is 0. The van der Waals surface area contributed by atoms with Gasteiger partial charge in [-0.25, -0.2) is 9.24 Å². The second-order valence-electron chi connectivity index (χ2n) is 2.41. The van der Waals surface area contributed by atoms with Gasteiger partial charge in [0.15, 0.2) is 0 Å². The molecule has 0 saturated heterocycles. The molecule has 0 aliphatic rings. The van der Waals surface area contributed by atoms with Gasteiger partial charge in [-0.15, -0.1) is 0 Å². The maximum absolute atomic E-state index is 13.0. The largest absolute Gasteiger partial charge is 0.508 e. The quantitative estimate of drug-likeness (QED) is 0.583. The van der Waals surface area contributed by atoms with Crippen LogP contribution >= 0.6 is 0 Å². The number of aryl methyl sites for hydroxylation is 1. The van der Waals surface area contributed by atoms with Crippen LogP contribution in [0.25, 0.3) is 4.85 Å². The average molecular weight is 165 g/mol. The molecule has 0 heterocycles. The fraction of sp³-hybridized carbons (Fsp3) is 0.222. The van der Waals surface area contributed by atoms with Gasteiger partial charge in [0.25, 0.3) is 5.69 Å². The molecular weight excluding hydrogens is 157 g/mol. The van der Waals surface area contributed by atoms with E-state index in [2.05, 4.69) is 4.85 Å². The Bertz CT molecular complexity index is 341. The van der Waals surface area contributed by atoms with E-state index in [0.29, 0.717) is 5.75 Å². The Morgan fingerprint density at radius 2 is 2.17 bits per heavy atom. The topological polar surface area (TPSA) is 13.6 Å². The fourth-order valence-electron chi connectivity index (χ4n) is 0.967. The summed E-state index contributed by atoms with van der Waals surface area (Å²) in [6.45, 7) is 8.45. The van der Waals surface area contributed by atoms with E-state index in [4.69, 9.17) is 11.3 Å². The Labute approximate surface area is 70.4 Å². The van der Waals surface area contributed by atoms with Gasteiger partial charge in [0.1, 0.15) is 11.6 Å². The maximum Gasteiger partial charge on any atom is 0.262 e. The molecule has 0 unspecified atom stereocenters. The van der Waals surface area contributed by atoms with Crippen LogP contribution in [-0.4, -0.2) is 7.11 Å². The molecule has 0 radical (unpaired) electrons. The SMILES string of the molecule is [C-]#[N+]c1c(F)cc(C)cc1OC. The second kappa shape index (κ2) is 3.22. The molecule has 1 aromatic carbocycles. The lowest BCUT2D eigenvalue weighted by Crippen LogP contribution is -1.87. The van der Waals surface area contributed by atoms with Crippen LogP contribution in [0.5, 0.6) is 5.75 Å². The number of methoxy groups -OCH3 is 1. The van der Waals surface area contributed by atoms with Gasteiger partial charge in [-0.2, -0.15) is 0 Å². The van der Waals surface area contributed by atoms with Crippen molar-refractivity contribution in [1.82, 2.24) is 0 Å². The van der Waals surface area contributed by atoms with Crippen molar-refractivity contribution in [3.8, 4) is 5.75 Å². The zero-order valence-electron chi connectivity index (χ0n) is 6.89. The first-order valence-electron chi connectivity index (χ1n) is 3.40. The zero-order valence-corrected chi connectivity index (χ0v) is 6.89. The van der Waals surface area contributed by atoms with Crippen molar-refractivity contribution in [3.63, 3.8) is 0 Å². The molecule has 0 aliphatic heterocycles. The van der Waals surface area contributed by atoms with E-state index in [9.17, 15) is 4.39 Å². The molecule has 0 fully saturated rings. The van der Waals surface area contributed by atoms with Gasteiger partial charge in [-0.3, -0.25) is 0 Å². The predicted octanol–water partition coefficient (Wildman–Crippen LogP) is 2.69. The van der Waals surface area contributed by atoms with Gasteiger partial charge in [0.2, 0.25) is 0 Å². The molecule has 0 aliphatic carbocycles. The third-order valence-electron chi connectivity index (χ3n) is 1.50. The number of benzene rings is 1. The van der Waals surface area contributed by atoms with Gasteiger partial charge in [0, 0.05) is 0 Å². The van der Waals surface area contributed by atoms with Gasteiger partial charge in [-0.05, 0) is 24.6 Å². The third kappa shape index (κ3) is 1.37. The van der Waals surface area contributed by atoms with Crippen LogP contribution in [0, 0.1) is 19.3 Å². The van der Waals surface area contributed by atoms with Crippen molar-refractivity contribution in [2.24, 2.45) is 0 Å². The molecule has 12 heavy (non-hydrogen) atoms. The highest BCUT2D eigenvalue weighted by Crippen LogP contribution is 2.31. The summed E-state index contributed by atoms with van der Waals surface area (Å²) in [5.41, 5.74) is 0.694. The van der Waals surface area contributed by atoms with Crippen LogP contribution in [-0.2, 0) is 0 Å². The number of ether oxygens (including phenoxy) is 1. The molecule has 0 amide bonds. The van der Waals surface area contributed by atoms with Gasteiger partial charge < -0.3 is 4.74 Å². The molecule has 0 bridgehead atoms. The van der Waals surface area contributed by atoms with E-state index in [0.717, 1.165) is 5.56 Å². The van der Waals surface area contributed by atoms with Crippen LogP contribution in [0.15, 0.2) is 12.1 Å². The molecule has 2 nitrogen and oxygen atoms in total. The summed E-state index contributed by atoms with van der Waals surface area (Å²) in [7, 11) is 1.42. The van der Waals surface area contributed by atoms with E-state index >= 15 is 0 Å². The monoisotopic (exact) mass is 165 g/mol. The molecular formula is C9H8FNO. The smallest absolute Gasteiger partial charge is 0.262 e. The average Bonchev–Trinajstić information content (AvgIpc) is 2.03. The Hall–Kier alpha value is -1.56. The minimum atomic E-state index is -0.526. The molecule has 0 N–H and O–H groups in total. The Morgan fingerprint density at radius 3 is 2.67 bits per heavy atom. The lowest BCUT2D eigenvalue weighted by atomic mass is 10.2. The lowest BCUT2D eigenvalue weighted by Gasteiger charge is -2.04. The summed E-state index contributed by atoms with van der Waals surface area (Å²) in [6.07, 6.45) is 0. The summed E-state index contributed by atoms with van der Waals surface area (Å²) < 4.78 is 17.8. The highest BCUT2D eigenvalue weighted by atomic mass is 19.1. The van der Waals surface area contributed by atoms with Crippen molar-refractivity contribution < 1.29 is 9.13 Å². The lowest BCUT2D eigenvalue weighted by molar-refractivity contribution is 0.414. The maximum atomic E-state index is 13.0. The van der Waals surface area contributed by atoms with E-state index in [1.54, 1.807) is 13.0 Å². The van der Waals surface area contributed by atoms with Crippen LogP contribution in [0.1, 0.15) is 5.56 Å². The summed E-state index contributed by atoms with van der Waals surface area (Å²) in [4.78, 5) is 3.03. The van der Waals surface area contributed by atoms with Crippen molar-refractivity contribution in [2.45, 2.75) is 6.92 Å². The molecule has 0 atom stereocenters. The van der Waals surface area contributed by atoms with Crippen molar-refractivity contribution >= 4 is 5.69 Å². The van der Waals surface area contributed by atoms with Crippen LogP contribution in [0.4, 0.5) is 10.1 Å². The van der Waals surface area contributed by atoms with Crippen LogP contribution in [0.2, 0.25) is 0 Å². The number of hydrogen-bond donors (Lipinski definition) is 0. The van der Waals surface area contributed by atoms with Crippen molar-refractivity contribution in [1.29, 1.82) is 0 Å². The van der Waals surface area contributed by atoms with Crippen LogP contribution in [0.3, 0.4) is 0 Å². The summed E-state index contributed by atoms with van der Waals surface area (Å²) in [5.74, 6) is -0.232. The Kier molecular flexibility index (Phi) is 2.29. The molecule has 1 rings (SSSR count). The normalized spacial score (nSPS) is 9.17. The molecule has 0 saturated carbocycles. The van der Waals surface area contributed by atoms with Crippen molar-refractivity contribution in [2.75, 3.05) is 7.11 Å². The first kappa shape index (κ1) is 8.54. The van der Waals surface area contributed by atoms with E-state index in [1.165, 1.54) is 13.2 Å². The molecule has 3 heteroatoms. The summed E-state index contributed by atoms with van der Waals surface area (Å²) in [6, 6.07) is 2.95. The van der Waals surface area contributed by atoms with Crippen LogP contribution < -0.4 is 4.74 Å². The molecule has 0 aromatic heterocycles. The van der Waals surface area contributed by atoms with E-state index < -0.39 is 5.82 Å². The first-order chi connectivity index (χ1) is 5.69. The standard InChI is InChI=1S/C9H8FNO/c1-6-4-7(10)9(11-2)8(5-6)12-3/h4-5H,1,3H3. The molecule has 0 spiro atoms. The molecule has 1 aromatic rings.